The minimum absolute atomic E-state index is 0.408. The highest BCUT2D eigenvalue weighted by molar-refractivity contribution is 5.61. The van der Waals surface area contributed by atoms with Crippen molar-refractivity contribution < 1.29 is 4.74 Å². The maximum atomic E-state index is 5.78. The van der Waals surface area contributed by atoms with E-state index in [2.05, 4.69) is 21.5 Å². The quantitative estimate of drug-likeness (QED) is 0.932. The van der Waals surface area contributed by atoms with Gasteiger partial charge < -0.3 is 15.0 Å². The third-order valence-electron chi connectivity index (χ3n) is 4.13. The van der Waals surface area contributed by atoms with Crippen molar-refractivity contribution >= 4 is 5.82 Å². The predicted octanol–water partition coefficient (Wildman–Crippen LogP) is 2.51. The zero-order valence-electron chi connectivity index (χ0n) is 11.7. The van der Waals surface area contributed by atoms with Gasteiger partial charge in [-0.25, -0.2) is 9.97 Å². The van der Waals surface area contributed by atoms with Crippen LogP contribution in [-0.2, 0) is 4.74 Å². The van der Waals surface area contributed by atoms with Crippen LogP contribution in [0.3, 0.4) is 0 Å². The summed E-state index contributed by atoms with van der Waals surface area (Å²) in [6.07, 6.45) is 7.76. The van der Waals surface area contributed by atoms with E-state index in [1.54, 1.807) is 6.20 Å². The van der Waals surface area contributed by atoms with Gasteiger partial charge in [0.2, 0.25) is 0 Å². The molecule has 5 nitrogen and oxygen atoms in total. The average Bonchev–Trinajstić information content (AvgIpc) is 2.97. The number of nitrogens with two attached hydrogens (primary N) is 1. The van der Waals surface area contributed by atoms with Crippen LogP contribution in [0.2, 0.25) is 0 Å². The third-order valence-corrected chi connectivity index (χ3v) is 4.13. The van der Waals surface area contributed by atoms with Crippen LogP contribution < -0.4 is 5.73 Å². The molecule has 0 aliphatic carbocycles. The minimum Gasteiger partial charge on any atom is -0.384 e. The molecule has 1 atom stereocenters. The van der Waals surface area contributed by atoms with Gasteiger partial charge in [0.1, 0.15) is 5.82 Å². The molecule has 5 heteroatoms. The normalized spacial score (nSPS) is 18.1. The lowest BCUT2D eigenvalue weighted by Crippen LogP contribution is -2.24. The second kappa shape index (κ2) is 5.63. The Hall–Kier alpha value is -1.88. The fraction of sp³-hybridized carbons (Fsp3) is 0.467. The Morgan fingerprint density at radius 2 is 2.20 bits per heavy atom. The van der Waals surface area contributed by atoms with Crippen LogP contribution in [0.4, 0.5) is 5.82 Å². The number of nitrogen functional groups attached to an aromatic ring is 1. The van der Waals surface area contributed by atoms with Gasteiger partial charge in [0.05, 0.1) is 18.2 Å². The predicted molar refractivity (Wildman–Crippen MR) is 78.1 cm³/mol. The van der Waals surface area contributed by atoms with E-state index < -0.39 is 0 Å². The van der Waals surface area contributed by atoms with Crippen LogP contribution in [-0.4, -0.2) is 27.7 Å². The molecule has 0 radical (unpaired) electrons. The van der Waals surface area contributed by atoms with Gasteiger partial charge in [-0.15, -0.1) is 0 Å². The molecule has 20 heavy (non-hydrogen) atoms. The van der Waals surface area contributed by atoms with E-state index in [9.17, 15) is 0 Å². The second-order valence-electron chi connectivity index (χ2n) is 5.35. The van der Waals surface area contributed by atoms with Gasteiger partial charge in [-0.05, 0) is 37.8 Å². The summed E-state index contributed by atoms with van der Waals surface area (Å²) in [5.41, 5.74) is 7.94. The van der Waals surface area contributed by atoms with Gasteiger partial charge in [-0.2, -0.15) is 0 Å². The summed E-state index contributed by atoms with van der Waals surface area (Å²) in [5.74, 6) is 1.17. The van der Waals surface area contributed by atoms with Gasteiger partial charge in [-0.1, -0.05) is 0 Å². The van der Waals surface area contributed by atoms with Gasteiger partial charge in [0.15, 0.2) is 0 Å². The molecule has 106 valence electrons. The number of rotatable bonds is 3. The molecule has 1 fully saturated rings. The first kappa shape index (κ1) is 13.1. The van der Waals surface area contributed by atoms with E-state index in [1.807, 2.05) is 24.7 Å². The van der Waals surface area contributed by atoms with Gasteiger partial charge >= 0.3 is 0 Å². The molecule has 2 aromatic rings. The van der Waals surface area contributed by atoms with Crippen LogP contribution in [0.25, 0.3) is 11.3 Å². The molecule has 0 spiro atoms. The van der Waals surface area contributed by atoms with Crippen LogP contribution in [0.5, 0.6) is 0 Å². The molecule has 3 heterocycles. The Labute approximate surface area is 118 Å². The van der Waals surface area contributed by atoms with Crippen LogP contribution in [0.1, 0.15) is 25.8 Å². The molecule has 1 saturated heterocycles. The second-order valence-corrected chi connectivity index (χ2v) is 5.35. The Kier molecular flexibility index (Phi) is 3.69. The maximum absolute atomic E-state index is 5.78. The molecule has 1 unspecified atom stereocenters. The summed E-state index contributed by atoms with van der Waals surface area (Å²) in [7, 11) is 0. The lowest BCUT2D eigenvalue weighted by atomic mass is 9.92. The zero-order valence-corrected chi connectivity index (χ0v) is 11.7. The van der Waals surface area contributed by atoms with Gasteiger partial charge in [0, 0.05) is 31.0 Å². The summed E-state index contributed by atoms with van der Waals surface area (Å²) in [6.45, 7) is 3.98. The Balaban J connectivity index is 1.89. The highest BCUT2D eigenvalue weighted by atomic mass is 16.5. The third kappa shape index (κ3) is 2.54. The van der Waals surface area contributed by atoms with Crippen molar-refractivity contribution in [3.63, 3.8) is 0 Å². The minimum atomic E-state index is 0.408. The van der Waals surface area contributed by atoms with Crippen LogP contribution in [0, 0.1) is 5.92 Å². The first-order chi connectivity index (χ1) is 9.75. The highest BCUT2D eigenvalue weighted by Crippen LogP contribution is 2.31. The van der Waals surface area contributed by atoms with Crippen molar-refractivity contribution in [2.45, 2.75) is 25.8 Å². The van der Waals surface area contributed by atoms with Gasteiger partial charge in [0.25, 0.3) is 0 Å². The summed E-state index contributed by atoms with van der Waals surface area (Å²) >= 11 is 0. The SMILES string of the molecule is CC(C1CCOCC1)n1cncc1-c1ccnc(N)c1. The number of anilines is 1. The molecule has 0 amide bonds. The van der Waals surface area contributed by atoms with E-state index in [0.29, 0.717) is 17.8 Å². The largest absolute Gasteiger partial charge is 0.384 e. The molecule has 2 aromatic heterocycles. The molecule has 0 bridgehead atoms. The molecular formula is C15H20N4O. The standard InChI is InChI=1S/C15H20N4O/c1-11(12-3-6-20-7-4-12)19-10-17-9-14(19)13-2-5-18-15(16)8-13/h2,5,8-12H,3-4,6-7H2,1H3,(H2,16,18). The van der Waals surface area contributed by atoms with Crippen molar-refractivity contribution in [2.24, 2.45) is 5.92 Å². The summed E-state index contributed by atoms with van der Waals surface area (Å²) < 4.78 is 7.69. The monoisotopic (exact) mass is 272 g/mol. The fourth-order valence-electron chi connectivity index (χ4n) is 2.89. The molecule has 0 saturated carbocycles. The Bertz CT molecular complexity index is 575. The van der Waals surface area contributed by atoms with Crippen LogP contribution >= 0.6 is 0 Å². The first-order valence-electron chi connectivity index (χ1n) is 7.07. The summed E-state index contributed by atoms with van der Waals surface area (Å²) in [6, 6.07) is 4.27. The number of imidazole rings is 1. The van der Waals surface area contributed by atoms with Crippen molar-refractivity contribution in [1.29, 1.82) is 0 Å². The molecule has 3 rings (SSSR count). The van der Waals surface area contributed by atoms with E-state index in [0.717, 1.165) is 37.3 Å². The Morgan fingerprint density at radius 3 is 2.95 bits per heavy atom. The number of hydrogen-bond acceptors (Lipinski definition) is 4. The maximum Gasteiger partial charge on any atom is 0.123 e. The number of pyridine rings is 1. The number of hydrogen-bond donors (Lipinski definition) is 1. The number of aromatic nitrogens is 3. The topological polar surface area (TPSA) is 66.0 Å². The van der Waals surface area contributed by atoms with Crippen molar-refractivity contribution in [2.75, 3.05) is 18.9 Å². The molecule has 1 aliphatic heterocycles. The lowest BCUT2D eigenvalue weighted by molar-refractivity contribution is 0.0515. The average molecular weight is 272 g/mol. The number of nitrogens with zero attached hydrogens (tertiary/aromatic N) is 3. The molecule has 0 aromatic carbocycles. The van der Waals surface area contributed by atoms with Crippen LogP contribution in [0.15, 0.2) is 30.9 Å². The summed E-state index contributed by atoms with van der Waals surface area (Å²) in [4.78, 5) is 8.36. The fourth-order valence-corrected chi connectivity index (χ4v) is 2.89. The Morgan fingerprint density at radius 1 is 1.40 bits per heavy atom. The van der Waals surface area contributed by atoms with Crippen molar-refractivity contribution in [3.8, 4) is 11.3 Å². The lowest BCUT2D eigenvalue weighted by Gasteiger charge is -2.29. The highest BCUT2D eigenvalue weighted by Gasteiger charge is 2.23. The summed E-state index contributed by atoms with van der Waals surface area (Å²) in [5, 5.41) is 0. The number of ether oxygens (including phenoxy) is 1. The first-order valence-corrected chi connectivity index (χ1v) is 7.07. The van der Waals surface area contributed by atoms with Gasteiger partial charge in [-0.3, -0.25) is 0 Å². The van der Waals surface area contributed by atoms with Crippen molar-refractivity contribution in [3.05, 3.63) is 30.9 Å². The van der Waals surface area contributed by atoms with E-state index in [4.69, 9.17) is 10.5 Å². The van der Waals surface area contributed by atoms with E-state index in [1.165, 1.54) is 0 Å². The molecule has 1 aliphatic rings. The zero-order chi connectivity index (χ0) is 13.9. The van der Waals surface area contributed by atoms with E-state index in [-0.39, 0.29) is 0 Å². The smallest absolute Gasteiger partial charge is 0.123 e. The molecular weight excluding hydrogens is 252 g/mol. The molecule has 2 N–H and O–H groups in total. The van der Waals surface area contributed by atoms with Crippen molar-refractivity contribution in [1.82, 2.24) is 14.5 Å². The van der Waals surface area contributed by atoms with E-state index >= 15 is 0 Å².